The van der Waals surface area contributed by atoms with Crippen molar-refractivity contribution in [2.45, 2.75) is 32.2 Å². The molecule has 3 rings (SSSR count). The largest absolute Gasteiger partial charge is 0.370 e. The average molecular weight is 279 g/mol. The van der Waals surface area contributed by atoms with E-state index in [9.17, 15) is 0 Å². The van der Waals surface area contributed by atoms with Gasteiger partial charge in [0.25, 0.3) is 0 Å². The SMILES string of the molecule is Cc1ccc(NC(N)=NC2CC2c2ccccc2)cc1C. The summed E-state index contributed by atoms with van der Waals surface area (Å²) in [5.41, 5.74) is 10.9. The van der Waals surface area contributed by atoms with Gasteiger partial charge in [-0.3, -0.25) is 0 Å². The Balaban J connectivity index is 1.64. The molecule has 0 bridgehead atoms. The number of rotatable bonds is 3. The van der Waals surface area contributed by atoms with Crippen LogP contribution in [-0.4, -0.2) is 12.0 Å². The first-order chi connectivity index (χ1) is 10.1. The Labute approximate surface area is 125 Å². The van der Waals surface area contributed by atoms with Crippen molar-refractivity contribution in [3.8, 4) is 0 Å². The minimum Gasteiger partial charge on any atom is -0.370 e. The first-order valence-electron chi connectivity index (χ1n) is 7.36. The van der Waals surface area contributed by atoms with Gasteiger partial charge in [-0.05, 0) is 49.1 Å². The van der Waals surface area contributed by atoms with Crippen LogP contribution in [0, 0.1) is 13.8 Å². The fourth-order valence-corrected chi connectivity index (χ4v) is 2.56. The van der Waals surface area contributed by atoms with Crippen molar-refractivity contribution < 1.29 is 0 Å². The third-order valence-electron chi connectivity index (χ3n) is 4.07. The van der Waals surface area contributed by atoms with Crippen molar-refractivity contribution >= 4 is 11.6 Å². The molecule has 0 radical (unpaired) electrons. The number of hydrogen-bond donors (Lipinski definition) is 2. The van der Waals surface area contributed by atoms with Crippen LogP contribution in [0.15, 0.2) is 53.5 Å². The van der Waals surface area contributed by atoms with Crippen molar-refractivity contribution in [2.24, 2.45) is 10.7 Å². The highest BCUT2D eigenvalue weighted by Crippen LogP contribution is 2.43. The van der Waals surface area contributed by atoms with Crippen LogP contribution >= 0.6 is 0 Å². The predicted octanol–water partition coefficient (Wildman–Crippen LogP) is 3.59. The zero-order valence-corrected chi connectivity index (χ0v) is 12.5. The van der Waals surface area contributed by atoms with E-state index in [4.69, 9.17) is 5.73 Å². The standard InChI is InChI=1S/C18H21N3/c1-12-8-9-15(10-13(12)2)20-18(19)21-17-11-16(17)14-6-4-3-5-7-14/h3-10,16-17H,11H2,1-2H3,(H3,19,20,21). The molecule has 0 saturated heterocycles. The van der Waals surface area contributed by atoms with Crippen LogP contribution in [-0.2, 0) is 0 Å². The third kappa shape index (κ3) is 3.24. The zero-order chi connectivity index (χ0) is 14.8. The molecule has 0 amide bonds. The van der Waals surface area contributed by atoms with E-state index in [0.29, 0.717) is 17.9 Å². The summed E-state index contributed by atoms with van der Waals surface area (Å²) in [6, 6.07) is 17.0. The van der Waals surface area contributed by atoms with Gasteiger partial charge >= 0.3 is 0 Å². The molecule has 1 fully saturated rings. The Hall–Kier alpha value is -2.29. The number of nitrogens with zero attached hydrogens (tertiary/aromatic N) is 1. The molecule has 3 nitrogen and oxygen atoms in total. The second-order valence-corrected chi connectivity index (χ2v) is 5.76. The lowest BCUT2D eigenvalue weighted by molar-refractivity contribution is 0.985. The predicted molar refractivity (Wildman–Crippen MR) is 88.7 cm³/mol. The molecule has 3 N–H and O–H groups in total. The van der Waals surface area contributed by atoms with Gasteiger partial charge in [0.1, 0.15) is 0 Å². The van der Waals surface area contributed by atoms with Crippen molar-refractivity contribution in [1.29, 1.82) is 0 Å². The molecule has 1 aliphatic rings. The average Bonchev–Trinajstić information content (AvgIpc) is 3.23. The molecule has 21 heavy (non-hydrogen) atoms. The Kier molecular flexibility index (Phi) is 3.65. The molecular formula is C18H21N3. The first-order valence-corrected chi connectivity index (χ1v) is 7.36. The highest BCUT2D eigenvalue weighted by atomic mass is 15.1. The van der Waals surface area contributed by atoms with Crippen LogP contribution in [0.2, 0.25) is 0 Å². The van der Waals surface area contributed by atoms with Crippen molar-refractivity contribution in [3.05, 3.63) is 65.2 Å². The quantitative estimate of drug-likeness (QED) is 0.666. The number of anilines is 1. The van der Waals surface area contributed by atoms with E-state index < -0.39 is 0 Å². The fourth-order valence-electron chi connectivity index (χ4n) is 2.56. The molecule has 1 aliphatic carbocycles. The second-order valence-electron chi connectivity index (χ2n) is 5.76. The normalized spacial score (nSPS) is 21.1. The minimum atomic E-state index is 0.312. The lowest BCUT2D eigenvalue weighted by Gasteiger charge is -2.08. The molecule has 108 valence electrons. The molecule has 0 heterocycles. The number of guanidine groups is 1. The minimum absolute atomic E-state index is 0.312. The summed E-state index contributed by atoms with van der Waals surface area (Å²) in [6.45, 7) is 4.20. The maximum Gasteiger partial charge on any atom is 0.193 e. The van der Waals surface area contributed by atoms with E-state index >= 15 is 0 Å². The number of nitrogens with two attached hydrogens (primary N) is 1. The van der Waals surface area contributed by atoms with Crippen molar-refractivity contribution in [1.82, 2.24) is 0 Å². The van der Waals surface area contributed by atoms with Crippen LogP contribution in [0.3, 0.4) is 0 Å². The van der Waals surface area contributed by atoms with Gasteiger partial charge in [0.15, 0.2) is 5.96 Å². The molecule has 2 unspecified atom stereocenters. The lowest BCUT2D eigenvalue weighted by Crippen LogP contribution is -2.23. The maximum atomic E-state index is 6.01. The summed E-state index contributed by atoms with van der Waals surface area (Å²) in [5, 5.41) is 3.18. The Bertz CT molecular complexity index is 661. The van der Waals surface area contributed by atoms with E-state index in [1.54, 1.807) is 0 Å². The highest BCUT2D eigenvalue weighted by molar-refractivity contribution is 5.92. The van der Waals surface area contributed by atoms with Gasteiger partial charge in [-0.1, -0.05) is 36.4 Å². The molecule has 2 aromatic rings. The van der Waals surface area contributed by atoms with E-state index in [2.05, 4.69) is 60.6 Å². The Morgan fingerprint density at radius 1 is 1.10 bits per heavy atom. The second kappa shape index (κ2) is 5.60. The van der Waals surface area contributed by atoms with E-state index in [1.165, 1.54) is 16.7 Å². The van der Waals surface area contributed by atoms with Gasteiger partial charge in [0, 0.05) is 11.6 Å². The van der Waals surface area contributed by atoms with Crippen LogP contribution in [0.1, 0.15) is 29.0 Å². The molecule has 1 saturated carbocycles. The summed E-state index contributed by atoms with van der Waals surface area (Å²) in [5.74, 6) is 1.02. The summed E-state index contributed by atoms with van der Waals surface area (Å²) in [7, 11) is 0. The lowest BCUT2D eigenvalue weighted by atomic mass is 10.1. The van der Waals surface area contributed by atoms with Crippen LogP contribution in [0.25, 0.3) is 0 Å². The van der Waals surface area contributed by atoms with Gasteiger partial charge in [0.2, 0.25) is 0 Å². The summed E-state index contributed by atoms with van der Waals surface area (Å²) in [4.78, 5) is 4.58. The number of benzene rings is 2. The van der Waals surface area contributed by atoms with E-state index in [-0.39, 0.29) is 0 Å². The smallest absolute Gasteiger partial charge is 0.193 e. The Morgan fingerprint density at radius 2 is 1.86 bits per heavy atom. The molecule has 0 aliphatic heterocycles. The number of aryl methyl sites for hydroxylation is 2. The van der Waals surface area contributed by atoms with Gasteiger partial charge in [-0.2, -0.15) is 0 Å². The molecule has 0 spiro atoms. The molecule has 3 heteroatoms. The monoisotopic (exact) mass is 279 g/mol. The van der Waals surface area contributed by atoms with Gasteiger partial charge in [-0.25, -0.2) is 4.99 Å². The summed E-state index contributed by atoms with van der Waals surface area (Å²) < 4.78 is 0. The highest BCUT2D eigenvalue weighted by Gasteiger charge is 2.38. The van der Waals surface area contributed by atoms with Gasteiger partial charge in [0.05, 0.1) is 6.04 Å². The van der Waals surface area contributed by atoms with E-state index in [1.807, 2.05) is 12.1 Å². The number of aliphatic imine (C=N–C) groups is 1. The topological polar surface area (TPSA) is 50.4 Å². The number of nitrogens with one attached hydrogen (secondary N) is 1. The fraction of sp³-hybridized carbons (Fsp3) is 0.278. The zero-order valence-electron chi connectivity index (χ0n) is 12.5. The summed E-state index contributed by atoms with van der Waals surface area (Å²) >= 11 is 0. The number of hydrogen-bond acceptors (Lipinski definition) is 1. The Morgan fingerprint density at radius 3 is 2.57 bits per heavy atom. The molecular weight excluding hydrogens is 258 g/mol. The van der Waals surface area contributed by atoms with Crippen molar-refractivity contribution in [3.63, 3.8) is 0 Å². The van der Waals surface area contributed by atoms with Crippen LogP contribution < -0.4 is 11.1 Å². The van der Waals surface area contributed by atoms with Crippen LogP contribution in [0.5, 0.6) is 0 Å². The van der Waals surface area contributed by atoms with Gasteiger partial charge in [-0.15, -0.1) is 0 Å². The molecule has 2 aromatic carbocycles. The molecule has 0 aromatic heterocycles. The third-order valence-corrected chi connectivity index (χ3v) is 4.07. The van der Waals surface area contributed by atoms with Crippen molar-refractivity contribution in [2.75, 3.05) is 5.32 Å². The summed E-state index contributed by atoms with van der Waals surface area (Å²) in [6.07, 6.45) is 1.08. The van der Waals surface area contributed by atoms with E-state index in [0.717, 1.165) is 12.1 Å². The molecule has 2 atom stereocenters. The maximum absolute atomic E-state index is 6.01. The van der Waals surface area contributed by atoms with Gasteiger partial charge < -0.3 is 11.1 Å². The van der Waals surface area contributed by atoms with Crippen LogP contribution in [0.4, 0.5) is 5.69 Å². The first kappa shape index (κ1) is 13.7.